The maximum absolute atomic E-state index is 12.8. The number of benzene rings is 1. The summed E-state index contributed by atoms with van der Waals surface area (Å²) < 4.78 is 5.33. The van der Waals surface area contributed by atoms with Crippen LogP contribution in [0.4, 0.5) is 0 Å². The third-order valence-electron chi connectivity index (χ3n) is 5.50. The van der Waals surface area contributed by atoms with Crippen LogP contribution in [0.15, 0.2) is 30.3 Å². The predicted molar refractivity (Wildman–Crippen MR) is 102 cm³/mol. The fourth-order valence-electron chi connectivity index (χ4n) is 3.83. The van der Waals surface area contributed by atoms with Crippen LogP contribution in [0.25, 0.3) is 5.57 Å². The van der Waals surface area contributed by atoms with Crippen LogP contribution in [0.1, 0.15) is 44.6 Å². The van der Waals surface area contributed by atoms with Crippen LogP contribution in [0.5, 0.6) is 5.75 Å². The lowest BCUT2D eigenvalue weighted by Crippen LogP contribution is -2.48. The normalized spacial score (nSPS) is 20.6. The predicted octanol–water partition coefficient (Wildman–Crippen LogP) is 3.58. The van der Waals surface area contributed by atoms with E-state index < -0.39 is 0 Å². The summed E-state index contributed by atoms with van der Waals surface area (Å²) >= 11 is 0. The van der Waals surface area contributed by atoms with E-state index in [0.717, 1.165) is 51.2 Å². The largest absolute Gasteiger partial charge is 0.497 e. The number of carbonyl (C=O) groups is 1. The Kier molecular flexibility index (Phi) is 6.14. The van der Waals surface area contributed by atoms with Crippen LogP contribution in [-0.2, 0) is 4.79 Å². The molecule has 0 aliphatic carbocycles. The molecule has 0 N–H and O–H groups in total. The van der Waals surface area contributed by atoms with Gasteiger partial charge >= 0.3 is 0 Å². The molecule has 0 aromatic heterocycles. The molecule has 1 fully saturated rings. The fraction of sp³-hybridized carbons (Fsp3) is 0.571. The number of nitrogens with zero attached hydrogens (tertiary/aromatic N) is 2. The van der Waals surface area contributed by atoms with Gasteiger partial charge in [0.25, 0.3) is 0 Å². The zero-order chi connectivity index (χ0) is 17.6. The third kappa shape index (κ3) is 4.43. The molecule has 0 spiro atoms. The van der Waals surface area contributed by atoms with Gasteiger partial charge in [-0.15, -0.1) is 0 Å². The lowest BCUT2D eigenvalue weighted by atomic mass is 9.98. The van der Waals surface area contributed by atoms with Gasteiger partial charge in [0.1, 0.15) is 5.75 Å². The standard InChI is InChI=1S/C21H30N2O2/c1-17(21(24)23-12-5-3-4-6-13-23)22-14-10-18(11-15-22)19-8-7-9-20(16-19)25-2/h7-10,16-17H,3-6,11-15H2,1-2H3. The first-order valence-corrected chi connectivity index (χ1v) is 9.55. The SMILES string of the molecule is COc1cccc(C2=CCN(C(C)C(=O)N3CCCCCC3)CC2)c1. The Morgan fingerprint density at radius 2 is 1.88 bits per heavy atom. The van der Waals surface area contributed by atoms with Crippen molar-refractivity contribution in [1.29, 1.82) is 0 Å². The molecule has 0 saturated carbocycles. The highest BCUT2D eigenvalue weighted by atomic mass is 16.5. The van der Waals surface area contributed by atoms with Crippen molar-refractivity contribution >= 4 is 11.5 Å². The Morgan fingerprint density at radius 3 is 2.52 bits per heavy atom. The van der Waals surface area contributed by atoms with Crippen molar-refractivity contribution in [2.75, 3.05) is 33.3 Å². The second-order valence-electron chi connectivity index (χ2n) is 7.12. The summed E-state index contributed by atoms with van der Waals surface area (Å²) in [5.74, 6) is 1.20. The lowest BCUT2D eigenvalue weighted by Gasteiger charge is -2.34. The van der Waals surface area contributed by atoms with Crippen LogP contribution in [-0.4, -0.2) is 55.0 Å². The summed E-state index contributed by atoms with van der Waals surface area (Å²) in [7, 11) is 1.70. The highest BCUT2D eigenvalue weighted by molar-refractivity contribution is 5.81. The minimum atomic E-state index is -0.0267. The number of likely N-dealkylation sites (tertiary alicyclic amines) is 1. The first-order valence-electron chi connectivity index (χ1n) is 9.55. The first-order chi connectivity index (χ1) is 12.2. The van der Waals surface area contributed by atoms with Crippen LogP contribution in [0.2, 0.25) is 0 Å². The molecule has 0 radical (unpaired) electrons. The molecular formula is C21H30N2O2. The van der Waals surface area contributed by atoms with Gasteiger partial charge in [-0.05, 0) is 49.5 Å². The third-order valence-corrected chi connectivity index (χ3v) is 5.50. The van der Waals surface area contributed by atoms with E-state index in [1.54, 1.807) is 7.11 Å². The number of ether oxygens (including phenoxy) is 1. The maximum atomic E-state index is 12.8. The molecule has 4 heteroatoms. The van der Waals surface area contributed by atoms with E-state index in [2.05, 4.69) is 34.9 Å². The summed E-state index contributed by atoms with van der Waals surface area (Å²) in [4.78, 5) is 17.2. The molecule has 1 unspecified atom stereocenters. The first kappa shape index (κ1) is 18.0. The lowest BCUT2D eigenvalue weighted by molar-refractivity contribution is -0.136. The van der Waals surface area contributed by atoms with Crippen LogP contribution in [0, 0.1) is 0 Å². The highest BCUT2D eigenvalue weighted by Crippen LogP contribution is 2.26. The Morgan fingerprint density at radius 1 is 1.12 bits per heavy atom. The van der Waals surface area contributed by atoms with Gasteiger partial charge in [-0.1, -0.05) is 31.1 Å². The van der Waals surface area contributed by atoms with Crippen molar-refractivity contribution in [2.24, 2.45) is 0 Å². The summed E-state index contributed by atoms with van der Waals surface area (Å²) in [5.41, 5.74) is 2.58. The Balaban J connectivity index is 1.62. The van der Waals surface area contributed by atoms with Crippen LogP contribution < -0.4 is 4.74 Å². The molecule has 3 rings (SSSR count). The molecule has 4 nitrogen and oxygen atoms in total. The van der Waals surface area contributed by atoms with Gasteiger partial charge < -0.3 is 9.64 Å². The molecule has 25 heavy (non-hydrogen) atoms. The van der Waals surface area contributed by atoms with Gasteiger partial charge in [-0.25, -0.2) is 0 Å². The van der Waals surface area contributed by atoms with Gasteiger partial charge in [0.05, 0.1) is 13.2 Å². The highest BCUT2D eigenvalue weighted by Gasteiger charge is 2.27. The van der Waals surface area contributed by atoms with E-state index in [0.29, 0.717) is 5.91 Å². The molecule has 0 bridgehead atoms. The topological polar surface area (TPSA) is 32.8 Å². The second kappa shape index (κ2) is 8.52. The Hall–Kier alpha value is -1.81. The fourth-order valence-corrected chi connectivity index (χ4v) is 3.83. The van der Waals surface area contributed by atoms with Crippen molar-refractivity contribution < 1.29 is 9.53 Å². The monoisotopic (exact) mass is 342 g/mol. The maximum Gasteiger partial charge on any atom is 0.239 e. The van der Waals surface area contributed by atoms with Crippen molar-refractivity contribution in [3.05, 3.63) is 35.9 Å². The molecule has 2 aliphatic heterocycles. The minimum Gasteiger partial charge on any atom is -0.497 e. The van der Waals surface area contributed by atoms with Gasteiger partial charge in [0.15, 0.2) is 0 Å². The number of rotatable bonds is 4. The van der Waals surface area contributed by atoms with Crippen molar-refractivity contribution in [2.45, 2.75) is 45.1 Å². The van der Waals surface area contributed by atoms with Gasteiger partial charge in [-0.2, -0.15) is 0 Å². The molecule has 1 aromatic rings. The van der Waals surface area contributed by atoms with E-state index in [4.69, 9.17) is 4.74 Å². The van der Waals surface area contributed by atoms with E-state index in [1.807, 2.05) is 12.1 Å². The van der Waals surface area contributed by atoms with E-state index in [1.165, 1.54) is 24.0 Å². The van der Waals surface area contributed by atoms with Gasteiger partial charge in [-0.3, -0.25) is 9.69 Å². The van der Waals surface area contributed by atoms with E-state index in [9.17, 15) is 4.79 Å². The van der Waals surface area contributed by atoms with Gasteiger partial charge in [0, 0.05) is 26.2 Å². The smallest absolute Gasteiger partial charge is 0.239 e. The van der Waals surface area contributed by atoms with Gasteiger partial charge in [0.2, 0.25) is 5.91 Å². The summed E-state index contributed by atoms with van der Waals surface area (Å²) in [6.07, 6.45) is 8.06. The molecule has 1 amide bonds. The molecule has 1 saturated heterocycles. The van der Waals surface area contributed by atoms with E-state index in [-0.39, 0.29) is 6.04 Å². The molecule has 1 atom stereocenters. The number of carbonyl (C=O) groups excluding carboxylic acids is 1. The molecule has 2 aliphatic rings. The summed E-state index contributed by atoms with van der Waals surface area (Å²) in [6, 6.07) is 8.21. The number of hydrogen-bond donors (Lipinski definition) is 0. The van der Waals surface area contributed by atoms with Crippen LogP contribution >= 0.6 is 0 Å². The summed E-state index contributed by atoms with van der Waals surface area (Å²) in [5, 5.41) is 0. The molecule has 2 heterocycles. The van der Waals surface area contributed by atoms with Crippen LogP contribution in [0.3, 0.4) is 0 Å². The number of amides is 1. The van der Waals surface area contributed by atoms with E-state index >= 15 is 0 Å². The zero-order valence-corrected chi connectivity index (χ0v) is 15.5. The Labute approximate surface area is 151 Å². The zero-order valence-electron chi connectivity index (χ0n) is 15.5. The quantitative estimate of drug-likeness (QED) is 0.838. The average molecular weight is 342 g/mol. The molecule has 136 valence electrons. The molecule has 1 aromatic carbocycles. The van der Waals surface area contributed by atoms with Crippen molar-refractivity contribution in [3.63, 3.8) is 0 Å². The second-order valence-corrected chi connectivity index (χ2v) is 7.12. The Bertz CT molecular complexity index is 618. The van der Waals surface area contributed by atoms with Crippen molar-refractivity contribution in [3.8, 4) is 5.75 Å². The molecular weight excluding hydrogens is 312 g/mol. The minimum absolute atomic E-state index is 0.0267. The number of hydrogen-bond acceptors (Lipinski definition) is 3. The average Bonchev–Trinajstić information content (AvgIpc) is 2.96. The van der Waals surface area contributed by atoms with Crippen molar-refractivity contribution in [1.82, 2.24) is 9.80 Å². The number of methoxy groups -OCH3 is 1. The summed E-state index contributed by atoms with van der Waals surface area (Å²) in [6.45, 7) is 5.71.